The van der Waals surface area contributed by atoms with Crippen LogP contribution >= 0.6 is 23.2 Å². The van der Waals surface area contributed by atoms with E-state index in [9.17, 15) is 4.79 Å². The molecule has 1 heterocycles. The fourth-order valence-corrected chi connectivity index (χ4v) is 1.13. The first-order valence-corrected chi connectivity index (χ1v) is 4.89. The Bertz CT molecular complexity index is 264. The van der Waals surface area contributed by atoms with Gasteiger partial charge in [0.05, 0.1) is 7.11 Å². The van der Waals surface area contributed by atoms with E-state index < -0.39 is 11.5 Å². The van der Waals surface area contributed by atoms with Gasteiger partial charge in [-0.25, -0.2) is 9.79 Å². The van der Waals surface area contributed by atoms with Crippen LogP contribution in [0.15, 0.2) is 15.8 Å². The Kier molecular flexibility index (Phi) is 6.32. The second-order valence-corrected chi connectivity index (χ2v) is 2.83. The molecule has 1 rings (SSSR count). The normalized spacial score (nSPS) is 19.4. The molecule has 0 aromatic heterocycles. The number of aliphatic imine (C=N–C) groups is 1. The lowest BCUT2D eigenvalue weighted by molar-refractivity contribution is -0.136. The molecule has 1 atom stereocenters. The van der Waals surface area contributed by atoms with Crippen molar-refractivity contribution in [3.05, 3.63) is 10.9 Å². The summed E-state index contributed by atoms with van der Waals surface area (Å²) in [7, 11) is 1.25. The van der Waals surface area contributed by atoms with Crippen molar-refractivity contribution in [2.45, 2.75) is 19.3 Å². The van der Waals surface area contributed by atoms with Crippen LogP contribution in [0.4, 0.5) is 0 Å². The number of hydrogen-bond donors (Lipinski definition) is 1. The molecule has 0 fully saturated rings. The number of methoxy groups -OCH3 is 1. The lowest BCUT2D eigenvalue weighted by atomic mass is 10.4. The van der Waals surface area contributed by atoms with Gasteiger partial charge in [-0.2, -0.15) is 0 Å². The molecule has 0 bridgehead atoms. The molecule has 80 valence electrons. The smallest absolute Gasteiger partial charge is 0.359 e. The molecule has 1 aliphatic heterocycles. The fourth-order valence-electron chi connectivity index (χ4n) is 0.662. The van der Waals surface area contributed by atoms with Crippen LogP contribution in [-0.4, -0.2) is 24.8 Å². The van der Waals surface area contributed by atoms with Crippen molar-refractivity contribution in [3.8, 4) is 0 Å². The summed E-state index contributed by atoms with van der Waals surface area (Å²) in [5.41, 5.74) is -0.443. The summed E-state index contributed by atoms with van der Waals surface area (Å²) >= 11 is 11.2. The van der Waals surface area contributed by atoms with E-state index in [1.807, 2.05) is 13.8 Å². The molecule has 14 heavy (non-hydrogen) atoms. The van der Waals surface area contributed by atoms with Crippen LogP contribution in [0, 0.1) is 0 Å². The predicted octanol–water partition coefficient (Wildman–Crippen LogP) is 1.83. The van der Waals surface area contributed by atoms with Crippen molar-refractivity contribution < 1.29 is 9.53 Å². The zero-order valence-corrected chi connectivity index (χ0v) is 9.69. The number of carbonyl (C=O) groups is 1. The minimum Gasteiger partial charge on any atom is -0.464 e. The maximum absolute atomic E-state index is 10.9. The molecule has 1 N–H and O–H groups in total. The molecular formula is C8H12Cl2N2O2. The zero-order valence-electron chi connectivity index (χ0n) is 8.17. The number of halogens is 2. The highest BCUT2D eigenvalue weighted by Gasteiger charge is 2.19. The van der Waals surface area contributed by atoms with E-state index in [4.69, 9.17) is 23.2 Å². The van der Waals surface area contributed by atoms with Crippen LogP contribution in [0.1, 0.15) is 13.8 Å². The summed E-state index contributed by atoms with van der Waals surface area (Å²) in [5.74, 6) is -0.590. The van der Waals surface area contributed by atoms with Crippen LogP contribution < -0.4 is 5.32 Å². The minimum absolute atomic E-state index is 0.0380. The SMILES string of the molecule is CC.COC(=O)C1=C(Cl)NC(Cl)C=N1. The van der Waals surface area contributed by atoms with Crippen molar-refractivity contribution in [3.63, 3.8) is 0 Å². The molecule has 0 amide bonds. The van der Waals surface area contributed by atoms with Gasteiger partial charge in [0, 0.05) is 6.21 Å². The van der Waals surface area contributed by atoms with Crippen LogP contribution in [0.5, 0.6) is 0 Å². The quantitative estimate of drug-likeness (QED) is 0.431. The summed E-state index contributed by atoms with van der Waals surface area (Å²) in [5, 5.41) is 2.71. The Morgan fingerprint density at radius 3 is 2.64 bits per heavy atom. The highest BCUT2D eigenvalue weighted by atomic mass is 35.5. The highest BCUT2D eigenvalue weighted by molar-refractivity contribution is 6.34. The molecule has 0 radical (unpaired) electrons. The first-order valence-electron chi connectivity index (χ1n) is 4.08. The van der Waals surface area contributed by atoms with Gasteiger partial charge in [0.1, 0.15) is 10.7 Å². The molecule has 4 nitrogen and oxygen atoms in total. The fraction of sp³-hybridized carbons (Fsp3) is 0.500. The van der Waals surface area contributed by atoms with Gasteiger partial charge in [-0.15, -0.1) is 0 Å². The lowest BCUT2D eigenvalue weighted by Gasteiger charge is -2.13. The molecule has 1 aliphatic rings. The van der Waals surface area contributed by atoms with E-state index in [0.29, 0.717) is 0 Å². The first kappa shape index (κ1) is 13.3. The Morgan fingerprint density at radius 1 is 1.64 bits per heavy atom. The molecule has 0 aliphatic carbocycles. The molecule has 0 saturated carbocycles. The number of nitrogens with zero attached hydrogens (tertiary/aromatic N) is 1. The van der Waals surface area contributed by atoms with Gasteiger partial charge >= 0.3 is 5.97 Å². The summed E-state index contributed by atoms with van der Waals surface area (Å²) in [6.07, 6.45) is 1.36. The van der Waals surface area contributed by atoms with E-state index in [1.165, 1.54) is 13.3 Å². The average molecular weight is 239 g/mol. The third-order valence-electron chi connectivity index (χ3n) is 1.19. The van der Waals surface area contributed by atoms with Crippen molar-refractivity contribution in [2.75, 3.05) is 7.11 Å². The topological polar surface area (TPSA) is 50.7 Å². The molecule has 6 heteroatoms. The van der Waals surface area contributed by atoms with Crippen molar-refractivity contribution in [1.82, 2.24) is 5.32 Å². The molecular weight excluding hydrogens is 227 g/mol. The average Bonchev–Trinajstić information content (AvgIpc) is 2.20. The second kappa shape index (κ2) is 6.68. The Hall–Kier alpha value is -0.740. The van der Waals surface area contributed by atoms with Crippen LogP contribution in [-0.2, 0) is 9.53 Å². The van der Waals surface area contributed by atoms with Crippen LogP contribution in [0.3, 0.4) is 0 Å². The number of nitrogens with one attached hydrogen (secondary N) is 1. The number of rotatable bonds is 1. The van der Waals surface area contributed by atoms with Gasteiger partial charge in [-0.3, -0.25) is 0 Å². The molecule has 0 saturated heterocycles. The maximum atomic E-state index is 10.9. The van der Waals surface area contributed by atoms with E-state index in [1.54, 1.807) is 0 Å². The first-order chi connectivity index (χ1) is 6.65. The summed E-state index contributed by atoms with van der Waals surface area (Å²) in [6.45, 7) is 4.00. The van der Waals surface area contributed by atoms with Gasteiger partial charge in [-0.1, -0.05) is 37.0 Å². The third-order valence-corrected chi connectivity index (χ3v) is 1.70. The van der Waals surface area contributed by atoms with Gasteiger partial charge in [0.25, 0.3) is 0 Å². The monoisotopic (exact) mass is 238 g/mol. The minimum atomic E-state index is -0.590. The van der Waals surface area contributed by atoms with Crippen molar-refractivity contribution in [2.24, 2.45) is 4.99 Å². The van der Waals surface area contributed by atoms with Crippen LogP contribution in [0.2, 0.25) is 0 Å². The Balaban J connectivity index is 0.000000791. The Morgan fingerprint density at radius 2 is 2.21 bits per heavy atom. The van der Waals surface area contributed by atoms with E-state index >= 15 is 0 Å². The van der Waals surface area contributed by atoms with Crippen molar-refractivity contribution >= 4 is 35.4 Å². The molecule has 0 spiro atoms. The Labute approximate surface area is 92.9 Å². The highest BCUT2D eigenvalue weighted by Crippen LogP contribution is 2.14. The molecule has 0 aromatic carbocycles. The molecule has 0 aromatic rings. The number of ether oxygens (including phenoxy) is 1. The van der Waals surface area contributed by atoms with E-state index in [-0.39, 0.29) is 10.9 Å². The molecule has 1 unspecified atom stereocenters. The second-order valence-electron chi connectivity index (χ2n) is 1.98. The summed E-state index contributed by atoms with van der Waals surface area (Å²) in [6, 6.07) is 0. The summed E-state index contributed by atoms with van der Waals surface area (Å²) < 4.78 is 4.42. The zero-order chi connectivity index (χ0) is 11.1. The van der Waals surface area contributed by atoms with Crippen LogP contribution in [0.25, 0.3) is 0 Å². The van der Waals surface area contributed by atoms with Gasteiger partial charge in [0.2, 0.25) is 0 Å². The maximum Gasteiger partial charge on any atom is 0.359 e. The van der Waals surface area contributed by atoms with E-state index in [2.05, 4.69) is 15.0 Å². The lowest BCUT2D eigenvalue weighted by Crippen LogP contribution is -2.28. The third kappa shape index (κ3) is 3.55. The number of carbonyl (C=O) groups excluding carboxylic acids is 1. The van der Waals surface area contributed by atoms with E-state index in [0.717, 1.165) is 0 Å². The van der Waals surface area contributed by atoms with Gasteiger partial charge < -0.3 is 10.1 Å². The van der Waals surface area contributed by atoms with Crippen molar-refractivity contribution in [1.29, 1.82) is 0 Å². The largest absolute Gasteiger partial charge is 0.464 e. The van der Waals surface area contributed by atoms with Gasteiger partial charge in [0.15, 0.2) is 5.70 Å². The number of alkyl halides is 1. The number of hydrogen-bond acceptors (Lipinski definition) is 4. The van der Waals surface area contributed by atoms with Gasteiger partial charge in [-0.05, 0) is 0 Å². The predicted molar refractivity (Wildman–Crippen MR) is 57.5 cm³/mol. The summed E-state index contributed by atoms with van der Waals surface area (Å²) in [4.78, 5) is 14.6. The number of esters is 1. The standard InChI is InChI=1S/C6H6Cl2N2O2.C2H6/c1-12-6(11)4-5(8)10-3(7)2-9-4;1-2/h2-3,10H,1H3;1-2H3.